The third-order valence-electron chi connectivity index (χ3n) is 2.63. The van der Waals surface area contributed by atoms with Crippen LogP contribution in [-0.4, -0.2) is 17.1 Å². The van der Waals surface area contributed by atoms with Crippen LogP contribution in [0.15, 0.2) is 42.6 Å². The summed E-state index contributed by atoms with van der Waals surface area (Å²) in [6.45, 7) is 0. The zero-order valence-electron chi connectivity index (χ0n) is 8.84. The lowest BCUT2D eigenvalue weighted by atomic mass is 10.1. The van der Waals surface area contributed by atoms with Crippen LogP contribution in [0.2, 0.25) is 0 Å². The average Bonchev–Trinajstić information content (AvgIpc) is 2.38. The van der Waals surface area contributed by atoms with Crippen LogP contribution in [0.25, 0.3) is 21.8 Å². The number of nitrogens with zero attached hydrogens (tertiary/aromatic N) is 2. The number of ether oxygens (including phenoxy) is 1. The first-order chi connectivity index (χ1) is 7.88. The highest BCUT2D eigenvalue weighted by molar-refractivity contribution is 6.03. The van der Waals surface area contributed by atoms with Gasteiger partial charge in [-0.15, -0.1) is 0 Å². The Morgan fingerprint density at radius 1 is 0.938 bits per heavy atom. The van der Waals surface area contributed by atoms with E-state index in [0.717, 1.165) is 21.8 Å². The van der Waals surface area contributed by atoms with Crippen LogP contribution in [0, 0.1) is 0 Å². The molecule has 0 N–H and O–H groups in total. The Labute approximate surface area is 92.7 Å². The molecule has 0 spiro atoms. The average molecular weight is 210 g/mol. The second-order valence-corrected chi connectivity index (χ2v) is 3.56. The minimum Gasteiger partial charge on any atom is -0.481 e. The maximum absolute atomic E-state index is 5.10. The van der Waals surface area contributed by atoms with Gasteiger partial charge in [-0.3, -0.25) is 4.98 Å². The largest absolute Gasteiger partial charge is 0.481 e. The van der Waals surface area contributed by atoms with Crippen LogP contribution in [0.3, 0.4) is 0 Å². The molecular weight excluding hydrogens is 200 g/mol. The van der Waals surface area contributed by atoms with Crippen molar-refractivity contribution >= 4 is 21.8 Å². The first-order valence-electron chi connectivity index (χ1n) is 5.07. The Kier molecular flexibility index (Phi) is 1.96. The second-order valence-electron chi connectivity index (χ2n) is 3.56. The van der Waals surface area contributed by atoms with Crippen molar-refractivity contribution in [1.29, 1.82) is 0 Å². The van der Waals surface area contributed by atoms with Crippen molar-refractivity contribution in [3.05, 3.63) is 42.6 Å². The SMILES string of the molecule is COc1ccc2c(cnc3ccccc32)n1. The summed E-state index contributed by atoms with van der Waals surface area (Å²) in [4.78, 5) is 8.73. The Morgan fingerprint density at radius 3 is 2.62 bits per heavy atom. The molecule has 0 saturated carbocycles. The van der Waals surface area contributed by atoms with Crippen molar-refractivity contribution in [2.75, 3.05) is 7.11 Å². The van der Waals surface area contributed by atoms with E-state index in [4.69, 9.17) is 4.74 Å². The fourth-order valence-corrected chi connectivity index (χ4v) is 1.84. The van der Waals surface area contributed by atoms with Crippen LogP contribution in [-0.2, 0) is 0 Å². The van der Waals surface area contributed by atoms with E-state index in [1.165, 1.54) is 0 Å². The first-order valence-corrected chi connectivity index (χ1v) is 5.07. The zero-order valence-corrected chi connectivity index (χ0v) is 8.84. The summed E-state index contributed by atoms with van der Waals surface area (Å²) in [5.41, 5.74) is 1.85. The number of pyridine rings is 2. The lowest BCUT2D eigenvalue weighted by molar-refractivity contribution is 0.399. The van der Waals surface area contributed by atoms with Crippen molar-refractivity contribution < 1.29 is 4.74 Å². The number of aromatic nitrogens is 2. The van der Waals surface area contributed by atoms with Gasteiger partial charge in [0, 0.05) is 16.8 Å². The molecule has 0 bridgehead atoms. The van der Waals surface area contributed by atoms with E-state index in [2.05, 4.69) is 16.0 Å². The van der Waals surface area contributed by atoms with Gasteiger partial charge >= 0.3 is 0 Å². The molecule has 0 aliphatic carbocycles. The molecule has 3 nitrogen and oxygen atoms in total. The van der Waals surface area contributed by atoms with Crippen LogP contribution in [0.4, 0.5) is 0 Å². The highest BCUT2D eigenvalue weighted by atomic mass is 16.5. The molecule has 0 radical (unpaired) electrons. The van der Waals surface area contributed by atoms with Gasteiger partial charge in [-0.2, -0.15) is 0 Å². The van der Waals surface area contributed by atoms with E-state index in [1.807, 2.05) is 30.3 Å². The van der Waals surface area contributed by atoms with Gasteiger partial charge in [0.15, 0.2) is 0 Å². The number of fused-ring (bicyclic) bond motifs is 3. The predicted molar refractivity (Wildman–Crippen MR) is 63.6 cm³/mol. The number of hydrogen-bond donors (Lipinski definition) is 0. The third kappa shape index (κ3) is 1.29. The lowest BCUT2D eigenvalue weighted by Gasteiger charge is -2.04. The van der Waals surface area contributed by atoms with Crippen molar-refractivity contribution in [2.45, 2.75) is 0 Å². The molecule has 0 fully saturated rings. The van der Waals surface area contributed by atoms with Gasteiger partial charge in [0.25, 0.3) is 0 Å². The highest BCUT2D eigenvalue weighted by Gasteiger charge is 2.03. The molecule has 2 aromatic heterocycles. The van der Waals surface area contributed by atoms with E-state index in [0.29, 0.717) is 5.88 Å². The van der Waals surface area contributed by atoms with Gasteiger partial charge in [0.05, 0.1) is 24.3 Å². The number of para-hydroxylation sites is 1. The summed E-state index contributed by atoms with van der Waals surface area (Å²) in [5, 5.41) is 2.22. The quantitative estimate of drug-likeness (QED) is 0.579. The Hall–Kier alpha value is -2.16. The van der Waals surface area contributed by atoms with E-state index >= 15 is 0 Å². The molecule has 0 aliphatic rings. The molecule has 0 aliphatic heterocycles. The highest BCUT2D eigenvalue weighted by Crippen LogP contribution is 2.23. The molecular formula is C13H10N2O. The first kappa shape index (κ1) is 9.09. The maximum Gasteiger partial charge on any atom is 0.213 e. The summed E-state index contributed by atoms with van der Waals surface area (Å²) in [6, 6.07) is 11.9. The maximum atomic E-state index is 5.10. The minimum atomic E-state index is 0.615. The van der Waals surface area contributed by atoms with Gasteiger partial charge in [0.1, 0.15) is 0 Å². The Morgan fingerprint density at radius 2 is 1.75 bits per heavy atom. The topological polar surface area (TPSA) is 35.0 Å². The van der Waals surface area contributed by atoms with E-state index in [1.54, 1.807) is 13.3 Å². The minimum absolute atomic E-state index is 0.615. The number of rotatable bonds is 1. The van der Waals surface area contributed by atoms with Gasteiger partial charge in [0.2, 0.25) is 5.88 Å². The fraction of sp³-hybridized carbons (Fsp3) is 0.0769. The molecule has 78 valence electrons. The molecule has 3 rings (SSSR count). The van der Waals surface area contributed by atoms with E-state index in [9.17, 15) is 0 Å². The standard InChI is InChI=1S/C13H10N2O/c1-16-13-7-6-10-9-4-2-3-5-11(9)14-8-12(10)15-13/h2-8H,1H3. The van der Waals surface area contributed by atoms with Gasteiger partial charge in [-0.05, 0) is 12.1 Å². The summed E-state index contributed by atoms with van der Waals surface area (Å²) >= 11 is 0. The fourth-order valence-electron chi connectivity index (χ4n) is 1.84. The van der Waals surface area contributed by atoms with Gasteiger partial charge < -0.3 is 4.74 Å². The van der Waals surface area contributed by atoms with Crippen molar-refractivity contribution in [2.24, 2.45) is 0 Å². The molecule has 0 saturated heterocycles. The second kappa shape index (κ2) is 3.45. The van der Waals surface area contributed by atoms with Crippen LogP contribution in [0.1, 0.15) is 0 Å². The van der Waals surface area contributed by atoms with Crippen molar-refractivity contribution in [3.8, 4) is 5.88 Å². The van der Waals surface area contributed by atoms with Gasteiger partial charge in [-0.25, -0.2) is 4.98 Å². The van der Waals surface area contributed by atoms with Crippen LogP contribution >= 0.6 is 0 Å². The molecule has 0 atom stereocenters. The molecule has 3 heteroatoms. The molecule has 16 heavy (non-hydrogen) atoms. The molecule has 1 aromatic carbocycles. The predicted octanol–water partition coefficient (Wildman–Crippen LogP) is 2.79. The van der Waals surface area contributed by atoms with Crippen molar-refractivity contribution in [1.82, 2.24) is 9.97 Å². The summed E-state index contributed by atoms with van der Waals surface area (Å²) in [5.74, 6) is 0.615. The van der Waals surface area contributed by atoms with Crippen LogP contribution < -0.4 is 4.74 Å². The van der Waals surface area contributed by atoms with E-state index < -0.39 is 0 Å². The normalized spacial score (nSPS) is 10.8. The van der Waals surface area contributed by atoms with Crippen molar-refractivity contribution in [3.63, 3.8) is 0 Å². The zero-order chi connectivity index (χ0) is 11.0. The molecule has 0 amide bonds. The molecule has 3 aromatic rings. The Bertz CT molecular complexity index is 664. The Balaban J connectivity index is 2.43. The number of hydrogen-bond acceptors (Lipinski definition) is 3. The number of benzene rings is 1. The lowest BCUT2D eigenvalue weighted by Crippen LogP contribution is -1.89. The summed E-state index contributed by atoms with van der Waals surface area (Å²) in [6.07, 6.45) is 1.78. The molecule has 2 heterocycles. The van der Waals surface area contributed by atoms with Gasteiger partial charge in [-0.1, -0.05) is 18.2 Å². The monoisotopic (exact) mass is 210 g/mol. The number of methoxy groups -OCH3 is 1. The smallest absolute Gasteiger partial charge is 0.213 e. The summed E-state index contributed by atoms with van der Waals surface area (Å²) < 4.78 is 5.10. The third-order valence-corrected chi connectivity index (χ3v) is 2.63. The molecule has 0 unspecified atom stereocenters. The van der Waals surface area contributed by atoms with E-state index in [-0.39, 0.29) is 0 Å². The van der Waals surface area contributed by atoms with Crippen LogP contribution in [0.5, 0.6) is 5.88 Å². The summed E-state index contributed by atoms with van der Waals surface area (Å²) in [7, 11) is 1.61.